The van der Waals surface area contributed by atoms with E-state index in [4.69, 9.17) is 16.3 Å². The SMILES string of the molecule is COc1ccccc1C(=O)Nc1cc(C)nn1-c1nc2c(cnn2-c2ccc(Cl)cc2)c(=O)[nH]1. The molecule has 10 nitrogen and oxygen atoms in total. The number of carbonyl (C=O) groups is 1. The molecule has 34 heavy (non-hydrogen) atoms. The molecular weight excluding hydrogens is 458 g/mol. The summed E-state index contributed by atoms with van der Waals surface area (Å²) in [6.07, 6.45) is 1.44. The van der Waals surface area contributed by atoms with Gasteiger partial charge in [0.1, 0.15) is 17.0 Å². The van der Waals surface area contributed by atoms with Crippen LogP contribution < -0.4 is 15.6 Å². The highest BCUT2D eigenvalue weighted by Crippen LogP contribution is 2.22. The summed E-state index contributed by atoms with van der Waals surface area (Å²) in [6.45, 7) is 1.77. The highest BCUT2D eigenvalue weighted by Gasteiger charge is 2.19. The third-order valence-corrected chi connectivity index (χ3v) is 5.37. The van der Waals surface area contributed by atoms with E-state index in [-0.39, 0.29) is 5.95 Å². The third kappa shape index (κ3) is 3.80. The Labute approximate surface area is 197 Å². The Hall–Kier alpha value is -4.44. The summed E-state index contributed by atoms with van der Waals surface area (Å²) in [6, 6.07) is 15.5. The Morgan fingerprint density at radius 2 is 1.88 bits per heavy atom. The number of nitrogens with one attached hydrogen (secondary N) is 2. The number of amides is 1. The number of aryl methyl sites for hydroxylation is 1. The quantitative estimate of drug-likeness (QED) is 0.401. The Bertz CT molecular complexity index is 1580. The molecule has 3 heterocycles. The predicted molar refractivity (Wildman–Crippen MR) is 127 cm³/mol. The van der Waals surface area contributed by atoms with Gasteiger partial charge in [-0.2, -0.15) is 19.9 Å². The van der Waals surface area contributed by atoms with Gasteiger partial charge in [-0.25, -0.2) is 4.68 Å². The van der Waals surface area contributed by atoms with Gasteiger partial charge in [0, 0.05) is 11.1 Å². The van der Waals surface area contributed by atoms with Crippen LogP contribution >= 0.6 is 11.6 Å². The van der Waals surface area contributed by atoms with Gasteiger partial charge in [-0.05, 0) is 43.3 Å². The number of rotatable bonds is 5. The summed E-state index contributed by atoms with van der Waals surface area (Å²) < 4.78 is 8.18. The van der Waals surface area contributed by atoms with Crippen LogP contribution in [0.3, 0.4) is 0 Å². The normalized spacial score (nSPS) is 11.0. The number of H-pyrrole nitrogens is 1. The monoisotopic (exact) mass is 475 g/mol. The van der Waals surface area contributed by atoms with E-state index in [0.717, 1.165) is 0 Å². The lowest BCUT2D eigenvalue weighted by Gasteiger charge is -2.11. The van der Waals surface area contributed by atoms with Crippen molar-refractivity contribution in [3.05, 3.63) is 87.4 Å². The number of aromatic amines is 1. The van der Waals surface area contributed by atoms with E-state index in [9.17, 15) is 9.59 Å². The minimum atomic E-state index is -0.395. The molecule has 1 amide bonds. The van der Waals surface area contributed by atoms with Crippen molar-refractivity contribution in [2.24, 2.45) is 0 Å². The molecule has 0 saturated heterocycles. The van der Waals surface area contributed by atoms with Gasteiger partial charge in [0.05, 0.1) is 30.3 Å². The van der Waals surface area contributed by atoms with Crippen molar-refractivity contribution < 1.29 is 9.53 Å². The largest absolute Gasteiger partial charge is 0.496 e. The van der Waals surface area contributed by atoms with E-state index in [1.54, 1.807) is 61.5 Å². The first-order valence-electron chi connectivity index (χ1n) is 10.2. The molecule has 11 heteroatoms. The first-order chi connectivity index (χ1) is 16.4. The lowest BCUT2D eigenvalue weighted by molar-refractivity contribution is 0.102. The van der Waals surface area contributed by atoms with Gasteiger partial charge in [-0.1, -0.05) is 23.7 Å². The standard InChI is InChI=1S/C23H18ClN7O3/c1-13-11-19(26-21(32)16-5-3-4-6-18(16)34-2)31(29-13)23-27-20-17(22(33)28-23)12-25-30(20)15-9-7-14(24)8-10-15/h3-12H,1-2H3,(H,26,32)(H,27,28,33). The maximum absolute atomic E-state index is 12.9. The van der Waals surface area contributed by atoms with E-state index in [1.165, 1.54) is 22.7 Å². The second kappa shape index (κ2) is 8.49. The number of carbonyl (C=O) groups excluding carboxylic acids is 1. The van der Waals surface area contributed by atoms with Gasteiger partial charge < -0.3 is 10.1 Å². The number of aromatic nitrogens is 6. The van der Waals surface area contributed by atoms with Crippen molar-refractivity contribution in [1.29, 1.82) is 0 Å². The van der Waals surface area contributed by atoms with Gasteiger partial charge in [0.25, 0.3) is 11.5 Å². The topological polar surface area (TPSA) is 120 Å². The molecule has 0 fully saturated rings. The first kappa shape index (κ1) is 21.4. The zero-order valence-corrected chi connectivity index (χ0v) is 18.9. The van der Waals surface area contributed by atoms with Crippen LogP contribution in [0, 0.1) is 6.92 Å². The maximum Gasteiger partial charge on any atom is 0.263 e. The van der Waals surface area contributed by atoms with Gasteiger partial charge in [0.15, 0.2) is 5.65 Å². The van der Waals surface area contributed by atoms with Crippen molar-refractivity contribution in [2.75, 3.05) is 12.4 Å². The van der Waals surface area contributed by atoms with Crippen LogP contribution in [0.1, 0.15) is 16.1 Å². The molecule has 0 spiro atoms. The lowest BCUT2D eigenvalue weighted by atomic mass is 10.2. The number of hydrogen-bond acceptors (Lipinski definition) is 6. The number of halogens is 1. The van der Waals surface area contributed by atoms with Gasteiger partial charge in [-0.15, -0.1) is 0 Å². The fraction of sp³-hybridized carbons (Fsp3) is 0.0870. The van der Waals surface area contributed by atoms with Crippen LogP contribution in [0.15, 0.2) is 65.6 Å². The van der Waals surface area contributed by atoms with Crippen molar-refractivity contribution in [3.63, 3.8) is 0 Å². The van der Waals surface area contributed by atoms with Crippen molar-refractivity contribution >= 4 is 34.4 Å². The molecule has 5 aromatic rings. The van der Waals surface area contributed by atoms with Gasteiger partial charge in [0.2, 0.25) is 5.95 Å². The molecule has 0 atom stereocenters. The molecule has 2 aromatic carbocycles. The molecule has 0 aliphatic carbocycles. The van der Waals surface area contributed by atoms with Crippen LogP contribution in [0.4, 0.5) is 5.82 Å². The van der Waals surface area contributed by atoms with Crippen LogP contribution in [-0.2, 0) is 0 Å². The minimum Gasteiger partial charge on any atom is -0.496 e. The highest BCUT2D eigenvalue weighted by atomic mass is 35.5. The number of methoxy groups -OCH3 is 1. The van der Waals surface area contributed by atoms with Crippen molar-refractivity contribution in [1.82, 2.24) is 29.5 Å². The fourth-order valence-corrected chi connectivity index (χ4v) is 3.67. The summed E-state index contributed by atoms with van der Waals surface area (Å²) in [5.74, 6) is 0.487. The number of para-hydroxylation sites is 1. The fourth-order valence-electron chi connectivity index (χ4n) is 3.54. The number of hydrogen-bond donors (Lipinski definition) is 2. The highest BCUT2D eigenvalue weighted by molar-refractivity contribution is 6.30. The molecule has 0 radical (unpaired) electrons. The van der Waals surface area contributed by atoms with Gasteiger partial charge in [-0.3, -0.25) is 14.6 Å². The number of benzene rings is 2. The predicted octanol–water partition coefficient (Wildman–Crippen LogP) is 3.52. The maximum atomic E-state index is 12.9. The van der Waals surface area contributed by atoms with Crippen LogP contribution in [0.25, 0.3) is 22.7 Å². The number of nitrogens with zero attached hydrogens (tertiary/aromatic N) is 5. The molecule has 5 rings (SSSR count). The lowest BCUT2D eigenvalue weighted by Crippen LogP contribution is -2.19. The van der Waals surface area contributed by atoms with Gasteiger partial charge >= 0.3 is 0 Å². The van der Waals surface area contributed by atoms with Crippen LogP contribution in [0.2, 0.25) is 5.02 Å². The summed E-state index contributed by atoms with van der Waals surface area (Å²) in [7, 11) is 1.49. The molecule has 0 saturated carbocycles. The third-order valence-electron chi connectivity index (χ3n) is 5.12. The van der Waals surface area contributed by atoms with Crippen molar-refractivity contribution in [2.45, 2.75) is 6.92 Å². The summed E-state index contributed by atoms with van der Waals surface area (Å²) in [5, 5.41) is 12.4. The van der Waals surface area contributed by atoms with E-state index >= 15 is 0 Å². The van der Waals surface area contributed by atoms with Crippen LogP contribution in [0.5, 0.6) is 5.75 Å². The molecule has 0 aliphatic rings. The Kier molecular flexibility index (Phi) is 5.34. The molecule has 3 aromatic heterocycles. The molecule has 0 aliphatic heterocycles. The summed E-state index contributed by atoms with van der Waals surface area (Å²) in [5.41, 5.74) is 1.59. The van der Waals surface area contributed by atoms with E-state index in [1.807, 2.05) is 0 Å². The molecular formula is C23H18ClN7O3. The average molecular weight is 476 g/mol. The van der Waals surface area contributed by atoms with E-state index in [0.29, 0.717) is 44.6 Å². The molecule has 2 N–H and O–H groups in total. The summed E-state index contributed by atoms with van der Waals surface area (Å²) in [4.78, 5) is 33.0. The number of anilines is 1. The number of ether oxygens (including phenoxy) is 1. The second-order valence-electron chi connectivity index (χ2n) is 7.40. The zero-order valence-electron chi connectivity index (χ0n) is 18.1. The Morgan fingerprint density at radius 1 is 1.12 bits per heavy atom. The van der Waals surface area contributed by atoms with E-state index < -0.39 is 11.5 Å². The average Bonchev–Trinajstić information content (AvgIpc) is 3.43. The zero-order chi connectivity index (χ0) is 23.8. The van der Waals surface area contributed by atoms with Crippen molar-refractivity contribution in [3.8, 4) is 17.4 Å². The minimum absolute atomic E-state index is 0.122. The molecule has 0 unspecified atom stereocenters. The molecule has 170 valence electrons. The smallest absolute Gasteiger partial charge is 0.263 e. The second-order valence-corrected chi connectivity index (χ2v) is 7.83. The van der Waals surface area contributed by atoms with Crippen LogP contribution in [-0.4, -0.2) is 42.5 Å². The Balaban J connectivity index is 1.58. The Morgan fingerprint density at radius 3 is 2.65 bits per heavy atom. The first-order valence-corrected chi connectivity index (χ1v) is 10.6. The molecule has 0 bridgehead atoms. The number of fused-ring (bicyclic) bond motifs is 1. The van der Waals surface area contributed by atoms with E-state index in [2.05, 4.69) is 25.5 Å². The summed E-state index contributed by atoms with van der Waals surface area (Å²) >= 11 is 5.99.